The van der Waals surface area contributed by atoms with Crippen molar-refractivity contribution in [1.29, 1.82) is 0 Å². The number of hydrogen-bond donors (Lipinski definition) is 0. The molecule has 10 aromatic carbocycles. The molecule has 0 unspecified atom stereocenters. The van der Waals surface area contributed by atoms with E-state index in [-0.39, 0.29) is 0 Å². The molecular weight excluding hydrogens is 769 g/mol. The first-order valence-corrected chi connectivity index (χ1v) is 22.3. The average Bonchev–Trinajstić information content (AvgIpc) is 3.39. The molecule has 10 rings (SSSR count). The van der Waals surface area contributed by atoms with Crippen molar-refractivity contribution in [3.05, 3.63) is 272 Å². The lowest BCUT2D eigenvalue weighted by atomic mass is 9.85. The van der Waals surface area contributed by atoms with Crippen molar-refractivity contribution in [1.82, 2.24) is 0 Å². The Kier molecular flexibility index (Phi) is 12.5. The summed E-state index contributed by atoms with van der Waals surface area (Å²) in [6, 6.07) is 91.8. The van der Waals surface area contributed by atoms with Crippen LogP contribution in [-0.2, 0) is 0 Å². The van der Waals surface area contributed by atoms with Crippen LogP contribution in [-0.4, -0.2) is 0 Å². The second-order valence-electron chi connectivity index (χ2n) is 15.7. The molecule has 0 aliphatic heterocycles. The van der Waals surface area contributed by atoms with Gasteiger partial charge in [0, 0.05) is 0 Å². The Hall–Kier alpha value is -8.06. The Balaban J connectivity index is 0.00000256. The van der Waals surface area contributed by atoms with Gasteiger partial charge in [0.1, 0.15) is 0 Å². The second kappa shape index (κ2) is 19.3. The maximum atomic E-state index is 4.96. The third-order valence-electron chi connectivity index (χ3n) is 11.9. The van der Waals surface area contributed by atoms with Crippen molar-refractivity contribution in [2.45, 2.75) is 13.8 Å². The highest BCUT2D eigenvalue weighted by Crippen LogP contribution is 2.43. The highest BCUT2D eigenvalue weighted by Gasteiger charge is 2.18. The highest BCUT2D eigenvalue weighted by molar-refractivity contribution is 5.95. The van der Waals surface area contributed by atoms with Gasteiger partial charge in [-0.2, -0.15) is 0 Å². The largest absolute Gasteiger partial charge is 0.0906 e. The molecule has 0 heteroatoms. The van der Waals surface area contributed by atoms with E-state index in [0.29, 0.717) is 0 Å². The zero-order chi connectivity index (χ0) is 43.7. The van der Waals surface area contributed by atoms with E-state index in [9.17, 15) is 0 Å². The van der Waals surface area contributed by atoms with Crippen molar-refractivity contribution >= 4 is 5.57 Å². The maximum absolute atomic E-state index is 4.96. The lowest BCUT2D eigenvalue weighted by Crippen LogP contribution is -1.95. The molecule has 0 spiro atoms. The fourth-order valence-corrected chi connectivity index (χ4v) is 8.81. The van der Waals surface area contributed by atoms with Gasteiger partial charge in [-0.3, -0.25) is 0 Å². The third-order valence-corrected chi connectivity index (χ3v) is 11.9. The molecule has 0 fully saturated rings. The molecule has 0 radical (unpaired) electrons. The molecule has 10 aromatic rings. The highest BCUT2D eigenvalue weighted by atomic mass is 14.2. The predicted molar refractivity (Wildman–Crippen MR) is 276 cm³/mol. The SMILES string of the molecule is C=C(c1cc(-c2ccccc2-c2ccccc2)cc(-c2ccccc2-c2ccccc2)c1)c1cc(-c2ccccc2-c2ccccc2)cc(-c2ccccc2-c2ccccc2)c1.CC. The number of hydrogen-bond acceptors (Lipinski definition) is 0. The molecule has 0 N–H and O–H groups in total. The van der Waals surface area contributed by atoms with Gasteiger partial charge in [0.05, 0.1) is 0 Å². The van der Waals surface area contributed by atoms with Crippen molar-refractivity contribution in [3.63, 3.8) is 0 Å². The summed E-state index contributed by atoms with van der Waals surface area (Å²) in [6.07, 6.45) is 0. The summed E-state index contributed by atoms with van der Waals surface area (Å²) in [5.41, 5.74) is 21.9. The molecule has 0 atom stereocenters. The fraction of sp³-hybridized carbons (Fsp3) is 0.0312. The Morgan fingerprint density at radius 2 is 0.391 bits per heavy atom. The summed E-state index contributed by atoms with van der Waals surface area (Å²) in [5.74, 6) is 0. The van der Waals surface area contributed by atoms with Crippen LogP contribution in [0.25, 0.3) is 94.6 Å². The van der Waals surface area contributed by atoms with Gasteiger partial charge in [-0.05, 0) is 142 Å². The minimum atomic E-state index is 0.958. The van der Waals surface area contributed by atoms with Crippen LogP contribution < -0.4 is 0 Å². The van der Waals surface area contributed by atoms with E-state index in [1.807, 2.05) is 13.8 Å². The van der Waals surface area contributed by atoms with E-state index in [1.165, 1.54) is 66.8 Å². The molecule has 0 saturated heterocycles. The van der Waals surface area contributed by atoms with E-state index in [0.717, 1.165) is 39.0 Å². The van der Waals surface area contributed by atoms with Crippen molar-refractivity contribution in [3.8, 4) is 89.0 Å². The second-order valence-corrected chi connectivity index (χ2v) is 15.7. The molecule has 0 saturated carbocycles. The molecule has 0 aliphatic rings. The predicted octanol–water partition coefficient (Wildman–Crippen LogP) is 18.1. The molecular formula is C64H50. The Morgan fingerprint density at radius 3 is 0.594 bits per heavy atom. The molecule has 0 heterocycles. The van der Waals surface area contributed by atoms with E-state index >= 15 is 0 Å². The summed E-state index contributed by atoms with van der Waals surface area (Å²) < 4.78 is 0. The molecule has 0 bridgehead atoms. The van der Waals surface area contributed by atoms with Crippen LogP contribution in [0.5, 0.6) is 0 Å². The molecule has 0 aliphatic carbocycles. The first-order chi connectivity index (χ1) is 31.7. The van der Waals surface area contributed by atoms with Crippen LogP contribution in [0, 0.1) is 0 Å². The summed E-state index contributed by atoms with van der Waals surface area (Å²) in [7, 11) is 0. The van der Waals surface area contributed by atoms with E-state index in [4.69, 9.17) is 6.58 Å². The average molecular weight is 819 g/mol. The molecule has 0 amide bonds. The molecule has 64 heavy (non-hydrogen) atoms. The van der Waals surface area contributed by atoms with Crippen LogP contribution >= 0.6 is 0 Å². The van der Waals surface area contributed by atoms with Gasteiger partial charge in [0.15, 0.2) is 0 Å². The summed E-state index contributed by atoms with van der Waals surface area (Å²) in [4.78, 5) is 0. The molecule has 0 aromatic heterocycles. The first kappa shape index (κ1) is 41.3. The third kappa shape index (κ3) is 8.68. The van der Waals surface area contributed by atoms with Crippen molar-refractivity contribution in [2.75, 3.05) is 0 Å². The van der Waals surface area contributed by atoms with Gasteiger partial charge < -0.3 is 0 Å². The lowest BCUT2D eigenvalue weighted by molar-refractivity contribution is 1.50. The standard InChI is InChI=1S/C62H44.C2H6/c1-44(49-38-51(59-34-18-14-30-55(59)45-22-6-2-7-23-45)42-52(39-49)60-35-19-15-31-56(60)46-24-8-3-9-25-46)50-40-53(61-36-20-16-32-57(61)47-26-10-4-11-27-47)43-54(41-50)62-37-21-17-33-58(62)48-28-12-5-13-29-48;1-2/h2-43H,1H2;1-2H3. The molecule has 306 valence electrons. The topological polar surface area (TPSA) is 0 Å². The minimum absolute atomic E-state index is 0.958. The van der Waals surface area contributed by atoms with Crippen molar-refractivity contribution in [2.24, 2.45) is 0 Å². The van der Waals surface area contributed by atoms with Crippen LogP contribution in [0.4, 0.5) is 0 Å². The Labute approximate surface area is 379 Å². The minimum Gasteiger partial charge on any atom is -0.0906 e. The van der Waals surface area contributed by atoms with Gasteiger partial charge in [0.25, 0.3) is 0 Å². The quantitative estimate of drug-likeness (QED) is 0.129. The fourth-order valence-electron chi connectivity index (χ4n) is 8.81. The summed E-state index contributed by atoms with van der Waals surface area (Å²) in [5, 5.41) is 0. The van der Waals surface area contributed by atoms with Crippen molar-refractivity contribution < 1.29 is 0 Å². The van der Waals surface area contributed by atoms with Crippen LogP contribution in [0.15, 0.2) is 261 Å². The maximum Gasteiger partial charge on any atom is -0.0105 e. The number of benzene rings is 10. The van der Waals surface area contributed by atoms with Crippen LogP contribution in [0.3, 0.4) is 0 Å². The first-order valence-electron chi connectivity index (χ1n) is 22.3. The summed E-state index contributed by atoms with van der Waals surface area (Å²) in [6.45, 7) is 8.96. The van der Waals surface area contributed by atoms with E-state index in [1.54, 1.807) is 0 Å². The van der Waals surface area contributed by atoms with Gasteiger partial charge in [-0.15, -0.1) is 0 Å². The van der Waals surface area contributed by atoms with E-state index in [2.05, 4.69) is 255 Å². The van der Waals surface area contributed by atoms with Crippen LogP contribution in [0.2, 0.25) is 0 Å². The van der Waals surface area contributed by atoms with Gasteiger partial charge >= 0.3 is 0 Å². The summed E-state index contributed by atoms with van der Waals surface area (Å²) >= 11 is 0. The smallest absolute Gasteiger partial charge is 0.0105 e. The normalized spacial score (nSPS) is 10.7. The Bertz CT molecular complexity index is 2740. The van der Waals surface area contributed by atoms with Gasteiger partial charge in [-0.1, -0.05) is 239 Å². The van der Waals surface area contributed by atoms with Gasteiger partial charge in [0.2, 0.25) is 0 Å². The van der Waals surface area contributed by atoms with Crippen LogP contribution in [0.1, 0.15) is 25.0 Å². The zero-order valence-corrected chi connectivity index (χ0v) is 36.5. The number of rotatable bonds is 10. The van der Waals surface area contributed by atoms with Gasteiger partial charge in [-0.25, -0.2) is 0 Å². The van der Waals surface area contributed by atoms with E-state index < -0.39 is 0 Å². The Morgan fingerprint density at radius 1 is 0.219 bits per heavy atom. The molecule has 0 nitrogen and oxygen atoms in total. The lowest BCUT2D eigenvalue weighted by Gasteiger charge is -2.19. The zero-order valence-electron chi connectivity index (χ0n) is 36.5. The monoisotopic (exact) mass is 818 g/mol.